The summed E-state index contributed by atoms with van der Waals surface area (Å²) in [5.74, 6) is -0.620. The lowest BCUT2D eigenvalue weighted by atomic mass is 9.85. The van der Waals surface area contributed by atoms with Gasteiger partial charge in [-0.15, -0.1) is 11.3 Å². The van der Waals surface area contributed by atoms with Crippen LogP contribution in [-0.2, 0) is 0 Å². The summed E-state index contributed by atoms with van der Waals surface area (Å²) in [6, 6.07) is 11.3. The van der Waals surface area contributed by atoms with Crippen LogP contribution >= 0.6 is 11.3 Å². The first kappa shape index (κ1) is 17.4. The van der Waals surface area contributed by atoms with Crippen LogP contribution in [0.3, 0.4) is 0 Å². The number of hydrogen-bond acceptors (Lipinski definition) is 7. The quantitative estimate of drug-likeness (QED) is 0.692. The molecule has 0 bridgehead atoms. The molecular weight excluding hydrogens is 372 g/mol. The fourth-order valence-corrected chi connectivity index (χ4v) is 4.27. The van der Waals surface area contributed by atoms with E-state index >= 15 is 0 Å². The van der Waals surface area contributed by atoms with Crippen LogP contribution in [0.15, 0.2) is 59.4 Å². The number of nitriles is 2. The van der Waals surface area contributed by atoms with Gasteiger partial charge in [-0.3, -0.25) is 19.3 Å². The van der Waals surface area contributed by atoms with Gasteiger partial charge in [-0.25, -0.2) is 0 Å². The Labute approximate surface area is 163 Å². The molecule has 0 saturated heterocycles. The summed E-state index contributed by atoms with van der Waals surface area (Å²) in [7, 11) is 0. The topological polar surface area (TPSA) is 121 Å². The highest BCUT2D eigenvalue weighted by molar-refractivity contribution is 7.07. The van der Waals surface area contributed by atoms with Crippen LogP contribution in [0.2, 0.25) is 0 Å². The molecule has 0 saturated carbocycles. The van der Waals surface area contributed by atoms with Gasteiger partial charge in [0.15, 0.2) is 0 Å². The Kier molecular flexibility index (Phi) is 4.32. The summed E-state index contributed by atoms with van der Waals surface area (Å²) < 4.78 is 2.08. The van der Waals surface area contributed by atoms with E-state index in [4.69, 9.17) is 5.73 Å². The van der Waals surface area contributed by atoms with Crippen LogP contribution < -0.4 is 20.5 Å². The third kappa shape index (κ3) is 2.69. The zero-order chi connectivity index (χ0) is 19.7. The van der Waals surface area contributed by atoms with Crippen molar-refractivity contribution in [1.82, 2.24) is 14.5 Å². The minimum absolute atomic E-state index is 0.0393. The summed E-state index contributed by atoms with van der Waals surface area (Å²) in [6.45, 7) is 0. The lowest BCUT2D eigenvalue weighted by Gasteiger charge is -2.21. The number of nitrogens with two attached hydrogens (primary N) is 1. The summed E-state index contributed by atoms with van der Waals surface area (Å²) in [4.78, 5) is 21.1. The van der Waals surface area contributed by atoms with E-state index in [0.717, 1.165) is 5.56 Å². The van der Waals surface area contributed by atoms with Crippen molar-refractivity contribution in [3.05, 3.63) is 85.3 Å². The molecule has 0 aliphatic carbocycles. The van der Waals surface area contributed by atoms with Gasteiger partial charge in [0.25, 0.3) is 5.56 Å². The van der Waals surface area contributed by atoms with Gasteiger partial charge < -0.3 is 5.73 Å². The van der Waals surface area contributed by atoms with Gasteiger partial charge in [0.1, 0.15) is 10.5 Å². The molecule has 3 aromatic heterocycles. The Hall–Kier alpha value is -4.01. The third-order valence-electron chi connectivity index (χ3n) is 4.39. The number of thiazole rings is 1. The van der Waals surface area contributed by atoms with Gasteiger partial charge >= 0.3 is 0 Å². The van der Waals surface area contributed by atoms with E-state index in [9.17, 15) is 15.3 Å². The molecule has 1 aliphatic rings. The molecule has 0 spiro atoms. The molecule has 7 nitrogen and oxygen atoms in total. The summed E-state index contributed by atoms with van der Waals surface area (Å²) in [5, 5.41) is 19.6. The number of hydrogen-bond donors (Lipinski definition) is 1. The van der Waals surface area contributed by atoms with Crippen LogP contribution in [0.1, 0.15) is 17.0 Å². The molecule has 1 atom stereocenters. The van der Waals surface area contributed by atoms with Gasteiger partial charge in [-0.05, 0) is 29.3 Å². The number of fused-ring (bicyclic) bond motifs is 1. The highest BCUT2D eigenvalue weighted by Crippen LogP contribution is 2.34. The lowest BCUT2D eigenvalue weighted by Crippen LogP contribution is -2.38. The monoisotopic (exact) mass is 384 g/mol. The molecule has 4 rings (SSSR count). The number of pyridine rings is 2. The van der Waals surface area contributed by atoms with E-state index in [2.05, 4.69) is 22.1 Å². The summed E-state index contributed by atoms with van der Waals surface area (Å²) in [5.41, 5.74) is 7.72. The Bertz CT molecular complexity index is 1350. The molecule has 0 fully saturated rings. The average Bonchev–Trinajstić information content (AvgIpc) is 3.05. The minimum atomic E-state index is -0.659. The van der Waals surface area contributed by atoms with Crippen molar-refractivity contribution in [2.24, 2.45) is 5.73 Å². The highest BCUT2D eigenvalue weighted by Gasteiger charge is 2.32. The van der Waals surface area contributed by atoms with Crippen molar-refractivity contribution < 1.29 is 0 Å². The second-order valence-corrected chi connectivity index (χ2v) is 7.03. The standard InChI is InChI=1S/C20H12N6OS/c21-8-14-17(13-4-2-6-25-11-13)15(9-22)20-26(18(14)23)19(27)16(28-20)7-12-3-1-5-24-10-12/h1-7,10-11,17H,23H2/b16-7+/t17-/m1/s1. The van der Waals surface area contributed by atoms with Gasteiger partial charge in [-0.2, -0.15) is 10.5 Å². The average molecular weight is 384 g/mol. The predicted octanol–water partition coefficient (Wildman–Crippen LogP) is 0.651. The molecular formula is C20H12N6OS. The van der Waals surface area contributed by atoms with Crippen LogP contribution in [0, 0.1) is 22.7 Å². The third-order valence-corrected chi connectivity index (χ3v) is 5.50. The molecule has 0 unspecified atom stereocenters. The van der Waals surface area contributed by atoms with E-state index in [-0.39, 0.29) is 17.0 Å². The van der Waals surface area contributed by atoms with Crippen molar-refractivity contribution in [2.45, 2.75) is 5.92 Å². The van der Waals surface area contributed by atoms with E-state index in [1.165, 1.54) is 15.9 Å². The lowest BCUT2D eigenvalue weighted by molar-refractivity contribution is 0.902. The molecule has 3 aromatic rings. The van der Waals surface area contributed by atoms with Crippen LogP contribution in [-0.4, -0.2) is 14.5 Å². The fraction of sp³-hybridized carbons (Fsp3) is 0.0500. The Morgan fingerprint density at radius 2 is 1.82 bits per heavy atom. The number of aromatic nitrogens is 3. The van der Waals surface area contributed by atoms with Gasteiger partial charge in [0.2, 0.25) is 0 Å². The van der Waals surface area contributed by atoms with Crippen molar-refractivity contribution in [3.63, 3.8) is 0 Å². The van der Waals surface area contributed by atoms with E-state index in [1.54, 1.807) is 49.1 Å². The Morgan fingerprint density at radius 3 is 2.43 bits per heavy atom. The second-order valence-electron chi connectivity index (χ2n) is 6.00. The van der Waals surface area contributed by atoms with Crippen molar-refractivity contribution in [1.29, 1.82) is 10.5 Å². The molecule has 0 aromatic carbocycles. The van der Waals surface area contributed by atoms with Crippen LogP contribution in [0.4, 0.5) is 0 Å². The molecule has 134 valence electrons. The van der Waals surface area contributed by atoms with E-state index in [1.807, 2.05) is 6.07 Å². The first-order valence-corrected chi connectivity index (χ1v) is 9.05. The minimum Gasteiger partial charge on any atom is -0.384 e. The van der Waals surface area contributed by atoms with Crippen molar-refractivity contribution >= 4 is 28.8 Å². The van der Waals surface area contributed by atoms with E-state index in [0.29, 0.717) is 20.3 Å². The smallest absolute Gasteiger partial charge is 0.274 e. The number of allylic oxidation sites excluding steroid dienone is 1. The maximum Gasteiger partial charge on any atom is 0.274 e. The number of nitrogens with zero attached hydrogens (tertiary/aromatic N) is 5. The normalized spacial score (nSPS) is 16.4. The zero-order valence-corrected chi connectivity index (χ0v) is 15.2. The first-order chi connectivity index (χ1) is 13.7. The fourth-order valence-electron chi connectivity index (χ4n) is 3.14. The maximum atomic E-state index is 13.0. The second kappa shape index (κ2) is 6.95. The molecule has 2 N–H and O–H groups in total. The summed E-state index contributed by atoms with van der Waals surface area (Å²) in [6.07, 6.45) is 8.18. The van der Waals surface area contributed by atoms with Gasteiger partial charge in [-0.1, -0.05) is 12.1 Å². The van der Waals surface area contributed by atoms with Gasteiger partial charge in [0.05, 0.1) is 33.7 Å². The Morgan fingerprint density at radius 1 is 1.11 bits per heavy atom. The predicted molar refractivity (Wildman–Crippen MR) is 105 cm³/mol. The largest absolute Gasteiger partial charge is 0.384 e. The molecule has 0 amide bonds. The van der Waals surface area contributed by atoms with E-state index < -0.39 is 5.92 Å². The van der Waals surface area contributed by atoms with Crippen LogP contribution in [0.25, 0.3) is 17.5 Å². The highest BCUT2D eigenvalue weighted by atomic mass is 32.1. The molecule has 28 heavy (non-hydrogen) atoms. The molecule has 4 heterocycles. The zero-order valence-electron chi connectivity index (χ0n) is 14.4. The van der Waals surface area contributed by atoms with Crippen molar-refractivity contribution in [2.75, 3.05) is 0 Å². The SMILES string of the molecule is N#CC1=C(N)n2c(s/c(=C/c3cccnc3)c2=O)=C(C#N)[C@@H]1c1cccnc1. The van der Waals surface area contributed by atoms with Gasteiger partial charge in [0, 0.05) is 24.8 Å². The first-order valence-electron chi connectivity index (χ1n) is 8.23. The molecule has 0 radical (unpaired) electrons. The molecule has 8 heteroatoms. The summed E-state index contributed by atoms with van der Waals surface area (Å²) >= 11 is 1.17. The maximum absolute atomic E-state index is 13.0. The Balaban J connectivity index is 2.08. The van der Waals surface area contributed by atoms with Crippen molar-refractivity contribution in [3.8, 4) is 12.1 Å². The molecule has 1 aliphatic heterocycles. The number of rotatable bonds is 2. The van der Waals surface area contributed by atoms with Crippen LogP contribution in [0.5, 0.6) is 0 Å².